The van der Waals surface area contributed by atoms with E-state index in [2.05, 4.69) is 29.8 Å². The molecular formula is C25H39N3O4S. The molecule has 2 N–H and O–H groups in total. The van der Waals surface area contributed by atoms with Crippen molar-refractivity contribution < 1.29 is 19.1 Å². The van der Waals surface area contributed by atoms with Crippen LogP contribution in [0.25, 0.3) is 0 Å². The number of hydrogen-bond donors (Lipinski definition) is 3. The van der Waals surface area contributed by atoms with Gasteiger partial charge in [-0.2, -0.15) is 12.6 Å². The van der Waals surface area contributed by atoms with Crippen LogP contribution < -0.4 is 10.6 Å². The topological polar surface area (TPSA) is 87.7 Å². The molecule has 0 aliphatic heterocycles. The number of nitrogens with zero attached hydrogens (tertiary/aromatic N) is 1. The quantitative estimate of drug-likeness (QED) is 0.389. The molecule has 184 valence electrons. The summed E-state index contributed by atoms with van der Waals surface area (Å²) in [5, 5.41) is 5.58. The van der Waals surface area contributed by atoms with Gasteiger partial charge in [-0.3, -0.25) is 9.59 Å². The molecular weight excluding hydrogens is 438 g/mol. The number of aryl methyl sites for hydroxylation is 2. The molecule has 0 aliphatic carbocycles. The van der Waals surface area contributed by atoms with Gasteiger partial charge in [-0.25, -0.2) is 4.79 Å². The lowest BCUT2D eigenvalue weighted by atomic mass is 9.95. The minimum atomic E-state index is -0.988. The lowest BCUT2D eigenvalue weighted by Gasteiger charge is -2.35. The Hall–Kier alpha value is -2.48. The van der Waals surface area contributed by atoms with E-state index in [1.54, 1.807) is 26.8 Å². The maximum absolute atomic E-state index is 13.6. The molecule has 0 aliphatic rings. The molecule has 0 saturated heterocycles. The Morgan fingerprint density at radius 1 is 1.15 bits per heavy atom. The molecule has 0 saturated carbocycles. The second-order valence-corrected chi connectivity index (χ2v) is 10.5. The van der Waals surface area contributed by atoms with Crippen LogP contribution >= 0.6 is 12.6 Å². The van der Waals surface area contributed by atoms with Crippen molar-refractivity contribution in [2.75, 3.05) is 12.3 Å². The molecule has 1 rings (SSSR count). The van der Waals surface area contributed by atoms with Crippen LogP contribution in [0.4, 0.5) is 4.79 Å². The largest absolute Gasteiger partial charge is 0.444 e. The number of carbonyl (C=O) groups is 3. The molecule has 7 nitrogen and oxygen atoms in total. The third-order valence-corrected chi connectivity index (χ3v) is 4.93. The summed E-state index contributed by atoms with van der Waals surface area (Å²) >= 11 is 4.27. The second-order valence-electron chi connectivity index (χ2n) is 10.2. The Labute approximate surface area is 203 Å². The molecule has 0 heterocycles. The Morgan fingerprint density at radius 3 is 2.24 bits per heavy atom. The number of carbonyl (C=O) groups excluding carboxylic acids is 3. The van der Waals surface area contributed by atoms with Gasteiger partial charge in [0, 0.05) is 17.8 Å². The van der Waals surface area contributed by atoms with Crippen LogP contribution in [-0.4, -0.2) is 52.3 Å². The highest BCUT2D eigenvalue weighted by Crippen LogP contribution is 2.27. The van der Waals surface area contributed by atoms with Crippen LogP contribution in [0.15, 0.2) is 30.9 Å². The Bertz CT molecular complexity index is 871. The van der Waals surface area contributed by atoms with Gasteiger partial charge in [0.1, 0.15) is 17.7 Å². The zero-order valence-corrected chi connectivity index (χ0v) is 22.0. The molecule has 0 radical (unpaired) electrons. The Balaban J connectivity index is 3.46. The first-order valence-corrected chi connectivity index (χ1v) is 11.6. The van der Waals surface area contributed by atoms with Crippen molar-refractivity contribution in [3.05, 3.63) is 47.5 Å². The van der Waals surface area contributed by atoms with Crippen molar-refractivity contribution >= 4 is 30.5 Å². The third-order valence-electron chi connectivity index (χ3n) is 4.57. The molecule has 0 aromatic heterocycles. The van der Waals surface area contributed by atoms with Crippen LogP contribution in [-0.2, 0) is 14.3 Å². The molecule has 2 atom stereocenters. The van der Waals surface area contributed by atoms with Crippen molar-refractivity contribution in [3.63, 3.8) is 0 Å². The van der Waals surface area contributed by atoms with Gasteiger partial charge < -0.3 is 20.3 Å². The van der Waals surface area contributed by atoms with Gasteiger partial charge in [0.25, 0.3) is 0 Å². The van der Waals surface area contributed by atoms with Gasteiger partial charge in [-0.05, 0) is 66.5 Å². The van der Waals surface area contributed by atoms with E-state index in [4.69, 9.17) is 4.74 Å². The lowest BCUT2D eigenvalue weighted by molar-refractivity contribution is -0.142. The highest BCUT2D eigenvalue weighted by atomic mass is 32.1. The van der Waals surface area contributed by atoms with Gasteiger partial charge >= 0.3 is 6.09 Å². The molecule has 0 bridgehead atoms. The molecule has 1 aromatic rings. The first kappa shape index (κ1) is 28.6. The average molecular weight is 478 g/mol. The van der Waals surface area contributed by atoms with Crippen molar-refractivity contribution in [2.24, 2.45) is 0 Å². The maximum atomic E-state index is 13.6. The Kier molecular flexibility index (Phi) is 10.0. The fourth-order valence-electron chi connectivity index (χ4n) is 3.24. The van der Waals surface area contributed by atoms with Crippen LogP contribution in [0.3, 0.4) is 0 Å². The average Bonchev–Trinajstić information content (AvgIpc) is 2.65. The van der Waals surface area contributed by atoms with Gasteiger partial charge in [0.15, 0.2) is 0 Å². The van der Waals surface area contributed by atoms with E-state index in [1.807, 2.05) is 52.8 Å². The first-order valence-electron chi connectivity index (χ1n) is 11.0. The van der Waals surface area contributed by atoms with Crippen molar-refractivity contribution in [2.45, 2.75) is 78.6 Å². The number of nitrogens with one attached hydrogen (secondary N) is 2. The summed E-state index contributed by atoms with van der Waals surface area (Å²) in [6.45, 7) is 18.6. The van der Waals surface area contributed by atoms with E-state index in [1.165, 1.54) is 4.90 Å². The summed E-state index contributed by atoms with van der Waals surface area (Å²) in [4.78, 5) is 40.9. The number of ether oxygens (including phenoxy) is 1. The molecule has 8 heteroatoms. The summed E-state index contributed by atoms with van der Waals surface area (Å²) in [5.41, 5.74) is 1.32. The van der Waals surface area contributed by atoms with Gasteiger partial charge in [0.2, 0.25) is 11.8 Å². The van der Waals surface area contributed by atoms with E-state index >= 15 is 0 Å². The predicted molar refractivity (Wildman–Crippen MR) is 135 cm³/mol. The maximum Gasteiger partial charge on any atom is 0.408 e. The van der Waals surface area contributed by atoms with Gasteiger partial charge in [0.05, 0.1) is 0 Å². The monoisotopic (exact) mass is 477 g/mol. The van der Waals surface area contributed by atoms with Gasteiger partial charge in [-0.15, -0.1) is 6.58 Å². The van der Waals surface area contributed by atoms with Crippen LogP contribution in [0.2, 0.25) is 0 Å². The van der Waals surface area contributed by atoms with E-state index in [0.717, 1.165) is 11.1 Å². The predicted octanol–water partition coefficient (Wildman–Crippen LogP) is 4.10. The molecule has 0 fully saturated rings. The number of amides is 3. The highest BCUT2D eigenvalue weighted by molar-refractivity contribution is 7.80. The summed E-state index contributed by atoms with van der Waals surface area (Å²) in [6.07, 6.45) is 0.833. The molecule has 0 spiro atoms. The van der Waals surface area contributed by atoms with Crippen molar-refractivity contribution in [1.29, 1.82) is 0 Å². The minimum Gasteiger partial charge on any atom is -0.444 e. The fourth-order valence-corrected chi connectivity index (χ4v) is 3.49. The summed E-state index contributed by atoms with van der Waals surface area (Å²) in [6, 6.07) is 3.88. The molecule has 2 unspecified atom stereocenters. The number of hydrogen-bond acceptors (Lipinski definition) is 5. The number of alkyl carbamates (subject to hydrolysis) is 1. The number of rotatable bonds is 8. The van der Waals surface area contributed by atoms with Crippen molar-refractivity contribution in [3.8, 4) is 0 Å². The zero-order valence-electron chi connectivity index (χ0n) is 21.1. The minimum absolute atomic E-state index is 0.0339. The number of thiol groups is 1. The first-order chi connectivity index (χ1) is 15.1. The van der Waals surface area contributed by atoms with Crippen LogP contribution in [0, 0.1) is 13.8 Å². The van der Waals surface area contributed by atoms with E-state index in [-0.39, 0.29) is 18.2 Å². The fraction of sp³-hybridized carbons (Fsp3) is 0.560. The summed E-state index contributed by atoms with van der Waals surface area (Å²) in [5.74, 6) is -0.737. The Morgan fingerprint density at radius 2 is 1.76 bits per heavy atom. The summed E-state index contributed by atoms with van der Waals surface area (Å²) in [7, 11) is 0. The van der Waals surface area contributed by atoms with E-state index < -0.39 is 35.2 Å². The molecule has 3 amide bonds. The van der Waals surface area contributed by atoms with E-state index in [9.17, 15) is 14.4 Å². The van der Waals surface area contributed by atoms with Gasteiger partial charge in [-0.1, -0.05) is 29.8 Å². The van der Waals surface area contributed by atoms with Crippen LogP contribution in [0.5, 0.6) is 0 Å². The standard InChI is InChI=1S/C25H39N3O4S/c1-10-13-28(22(30)19(15-33)26-23(31)32-25(7,8)9)20(21(29)27-24(4,5)6)18-14-16(2)11-12-17(18)3/h10-12,14,19-20,33H,1,13,15H2,2-9H3,(H,26,31)(H,27,29). The highest BCUT2D eigenvalue weighted by Gasteiger charge is 2.37. The third kappa shape index (κ3) is 9.12. The lowest BCUT2D eigenvalue weighted by Crippen LogP contribution is -2.55. The van der Waals surface area contributed by atoms with E-state index in [0.29, 0.717) is 5.56 Å². The number of benzene rings is 1. The molecule has 33 heavy (non-hydrogen) atoms. The smallest absolute Gasteiger partial charge is 0.408 e. The second kappa shape index (κ2) is 11.6. The van der Waals surface area contributed by atoms with Crippen molar-refractivity contribution in [1.82, 2.24) is 15.5 Å². The summed E-state index contributed by atoms with van der Waals surface area (Å²) < 4.78 is 5.30. The molecule has 1 aromatic carbocycles. The SMILES string of the molecule is C=CCN(C(=O)C(CS)NC(=O)OC(C)(C)C)C(C(=O)NC(C)(C)C)c1cc(C)ccc1C. The zero-order chi connectivity index (χ0) is 25.6. The van der Waals surface area contributed by atoms with Crippen LogP contribution in [0.1, 0.15) is 64.3 Å². The normalized spacial score (nSPS) is 13.5.